The van der Waals surface area contributed by atoms with Crippen molar-refractivity contribution in [3.05, 3.63) is 29.8 Å². The van der Waals surface area contributed by atoms with Gasteiger partial charge in [-0.05, 0) is 30.5 Å². The Labute approximate surface area is 108 Å². The molecule has 0 aliphatic carbocycles. The van der Waals surface area contributed by atoms with Crippen molar-refractivity contribution in [1.82, 2.24) is 5.32 Å². The van der Waals surface area contributed by atoms with Crippen LogP contribution in [0.25, 0.3) is 0 Å². The molecule has 0 saturated carbocycles. The standard InChI is InChI=1S/C14H21NO3/c1-3-14(18,4-2)10-15-13(17)9-11-6-5-7-12(16)8-11/h5-8,16,18H,3-4,9-10H2,1-2H3,(H,15,17). The molecule has 0 atom stereocenters. The van der Waals surface area contributed by atoms with Crippen LogP contribution in [0.3, 0.4) is 0 Å². The van der Waals surface area contributed by atoms with Crippen LogP contribution in [0.1, 0.15) is 32.3 Å². The summed E-state index contributed by atoms with van der Waals surface area (Å²) in [6.07, 6.45) is 1.42. The van der Waals surface area contributed by atoms with E-state index in [1.165, 1.54) is 0 Å². The van der Waals surface area contributed by atoms with Crippen LogP contribution in [0.5, 0.6) is 5.75 Å². The van der Waals surface area contributed by atoms with Crippen LogP contribution < -0.4 is 5.32 Å². The normalized spacial score (nSPS) is 11.3. The quantitative estimate of drug-likeness (QED) is 0.719. The highest BCUT2D eigenvalue weighted by atomic mass is 16.3. The first-order valence-corrected chi connectivity index (χ1v) is 6.26. The molecule has 4 heteroatoms. The number of aromatic hydroxyl groups is 1. The van der Waals surface area contributed by atoms with E-state index in [0.717, 1.165) is 5.56 Å². The third-order valence-corrected chi connectivity index (χ3v) is 3.21. The fraction of sp³-hybridized carbons (Fsp3) is 0.500. The first-order chi connectivity index (χ1) is 8.49. The smallest absolute Gasteiger partial charge is 0.224 e. The number of aliphatic hydroxyl groups is 1. The number of rotatable bonds is 6. The predicted octanol–water partition coefficient (Wildman–Crippen LogP) is 1.60. The molecule has 0 aromatic heterocycles. The van der Waals surface area contributed by atoms with Gasteiger partial charge < -0.3 is 15.5 Å². The van der Waals surface area contributed by atoms with E-state index in [2.05, 4.69) is 5.32 Å². The van der Waals surface area contributed by atoms with Crippen molar-refractivity contribution in [3.8, 4) is 5.75 Å². The Balaban J connectivity index is 2.47. The molecule has 0 saturated heterocycles. The van der Waals surface area contributed by atoms with E-state index in [0.29, 0.717) is 12.8 Å². The summed E-state index contributed by atoms with van der Waals surface area (Å²) < 4.78 is 0. The number of nitrogens with one attached hydrogen (secondary N) is 1. The molecular formula is C14H21NO3. The molecule has 4 nitrogen and oxygen atoms in total. The molecule has 0 aliphatic rings. The van der Waals surface area contributed by atoms with Crippen LogP contribution in [0, 0.1) is 0 Å². The van der Waals surface area contributed by atoms with Crippen LogP contribution in [0.15, 0.2) is 24.3 Å². The Morgan fingerprint density at radius 2 is 2.00 bits per heavy atom. The predicted molar refractivity (Wildman–Crippen MR) is 70.4 cm³/mol. The average molecular weight is 251 g/mol. The minimum absolute atomic E-state index is 0.152. The van der Waals surface area contributed by atoms with Gasteiger partial charge in [0.15, 0.2) is 0 Å². The fourth-order valence-corrected chi connectivity index (χ4v) is 1.68. The van der Waals surface area contributed by atoms with Crippen molar-refractivity contribution in [2.45, 2.75) is 38.7 Å². The molecular weight excluding hydrogens is 230 g/mol. The zero-order valence-corrected chi connectivity index (χ0v) is 10.9. The summed E-state index contributed by atoms with van der Waals surface area (Å²) in [7, 11) is 0. The molecule has 0 unspecified atom stereocenters. The highest BCUT2D eigenvalue weighted by Crippen LogP contribution is 2.14. The molecule has 18 heavy (non-hydrogen) atoms. The van der Waals surface area contributed by atoms with Crippen molar-refractivity contribution in [1.29, 1.82) is 0 Å². The van der Waals surface area contributed by atoms with Gasteiger partial charge in [-0.15, -0.1) is 0 Å². The Morgan fingerprint density at radius 1 is 1.33 bits per heavy atom. The van der Waals surface area contributed by atoms with Gasteiger partial charge in [-0.2, -0.15) is 0 Å². The Kier molecular flexibility index (Phi) is 5.16. The van der Waals surface area contributed by atoms with Crippen LogP contribution in [0.4, 0.5) is 0 Å². The lowest BCUT2D eigenvalue weighted by Gasteiger charge is -2.25. The number of benzene rings is 1. The van der Waals surface area contributed by atoms with E-state index in [-0.39, 0.29) is 24.6 Å². The third kappa shape index (κ3) is 4.37. The van der Waals surface area contributed by atoms with Gasteiger partial charge in [0.05, 0.1) is 12.0 Å². The number of phenols is 1. The summed E-state index contributed by atoms with van der Waals surface area (Å²) in [6.45, 7) is 4.05. The second kappa shape index (κ2) is 6.40. The third-order valence-electron chi connectivity index (χ3n) is 3.21. The van der Waals surface area contributed by atoms with E-state index in [1.807, 2.05) is 13.8 Å². The number of amides is 1. The minimum atomic E-state index is -0.825. The van der Waals surface area contributed by atoms with Gasteiger partial charge >= 0.3 is 0 Å². The molecule has 1 aromatic rings. The average Bonchev–Trinajstić information content (AvgIpc) is 2.36. The van der Waals surface area contributed by atoms with Gasteiger partial charge in [0.2, 0.25) is 5.91 Å². The lowest BCUT2D eigenvalue weighted by Crippen LogP contribution is -2.42. The lowest BCUT2D eigenvalue weighted by atomic mass is 9.97. The second-order valence-electron chi connectivity index (χ2n) is 4.55. The number of phenolic OH excluding ortho intramolecular Hbond substituents is 1. The molecule has 0 heterocycles. The van der Waals surface area contributed by atoms with Gasteiger partial charge in [0.1, 0.15) is 5.75 Å². The van der Waals surface area contributed by atoms with Crippen molar-refractivity contribution in [2.75, 3.05) is 6.54 Å². The van der Waals surface area contributed by atoms with Crippen molar-refractivity contribution >= 4 is 5.91 Å². The zero-order valence-electron chi connectivity index (χ0n) is 10.9. The van der Waals surface area contributed by atoms with E-state index in [9.17, 15) is 15.0 Å². The highest BCUT2D eigenvalue weighted by molar-refractivity contribution is 5.78. The van der Waals surface area contributed by atoms with Crippen molar-refractivity contribution in [3.63, 3.8) is 0 Å². The topological polar surface area (TPSA) is 69.6 Å². The summed E-state index contributed by atoms with van der Waals surface area (Å²) >= 11 is 0. The second-order valence-corrected chi connectivity index (χ2v) is 4.55. The largest absolute Gasteiger partial charge is 0.508 e. The first kappa shape index (κ1) is 14.5. The molecule has 1 aromatic carbocycles. The summed E-state index contributed by atoms with van der Waals surface area (Å²) in [5, 5.41) is 22.0. The Bertz CT molecular complexity index is 400. The molecule has 0 aliphatic heterocycles. The Morgan fingerprint density at radius 3 is 2.56 bits per heavy atom. The number of carbonyl (C=O) groups excluding carboxylic acids is 1. The summed E-state index contributed by atoms with van der Waals surface area (Å²) in [4.78, 5) is 11.7. The molecule has 0 bridgehead atoms. The number of carbonyl (C=O) groups is 1. The van der Waals surface area contributed by atoms with Gasteiger partial charge in [0, 0.05) is 6.54 Å². The molecule has 0 fully saturated rings. The molecule has 0 radical (unpaired) electrons. The van der Waals surface area contributed by atoms with Crippen LogP contribution in [-0.2, 0) is 11.2 Å². The van der Waals surface area contributed by atoms with Gasteiger partial charge in [-0.1, -0.05) is 26.0 Å². The van der Waals surface area contributed by atoms with E-state index < -0.39 is 5.60 Å². The van der Waals surface area contributed by atoms with Crippen LogP contribution >= 0.6 is 0 Å². The summed E-state index contributed by atoms with van der Waals surface area (Å²) in [6, 6.07) is 6.61. The highest BCUT2D eigenvalue weighted by Gasteiger charge is 2.22. The molecule has 100 valence electrons. The molecule has 1 amide bonds. The maximum absolute atomic E-state index is 11.7. The summed E-state index contributed by atoms with van der Waals surface area (Å²) in [5.41, 5.74) is -0.0712. The maximum atomic E-state index is 11.7. The maximum Gasteiger partial charge on any atom is 0.224 e. The summed E-state index contributed by atoms with van der Waals surface area (Å²) in [5.74, 6) is -0.000142. The molecule has 1 rings (SSSR count). The van der Waals surface area contributed by atoms with E-state index >= 15 is 0 Å². The minimum Gasteiger partial charge on any atom is -0.508 e. The number of hydrogen-bond donors (Lipinski definition) is 3. The molecule has 0 spiro atoms. The van der Waals surface area contributed by atoms with Crippen LogP contribution in [0.2, 0.25) is 0 Å². The fourth-order valence-electron chi connectivity index (χ4n) is 1.68. The lowest BCUT2D eigenvalue weighted by molar-refractivity contribution is -0.121. The van der Waals surface area contributed by atoms with Gasteiger partial charge in [-0.25, -0.2) is 0 Å². The van der Waals surface area contributed by atoms with Gasteiger partial charge in [-0.3, -0.25) is 4.79 Å². The first-order valence-electron chi connectivity index (χ1n) is 6.26. The monoisotopic (exact) mass is 251 g/mol. The Hall–Kier alpha value is -1.55. The van der Waals surface area contributed by atoms with E-state index in [1.54, 1.807) is 24.3 Å². The number of hydrogen-bond acceptors (Lipinski definition) is 3. The van der Waals surface area contributed by atoms with Crippen molar-refractivity contribution < 1.29 is 15.0 Å². The molecule has 3 N–H and O–H groups in total. The SMILES string of the molecule is CCC(O)(CC)CNC(=O)Cc1cccc(O)c1. The van der Waals surface area contributed by atoms with Crippen molar-refractivity contribution in [2.24, 2.45) is 0 Å². The van der Waals surface area contributed by atoms with E-state index in [4.69, 9.17) is 0 Å². The van der Waals surface area contributed by atoms with Crippen LogP contribution in [-0.4, -0.2) is 28.3 Å². The zero-order chi connectivity index (χ0) is 13.6. The van der Waals surface area contributed by atoms with Gasteiger partial charge in [0.25, 0.3) is 0 Å².